The van der Waals surface area contributed by atoms with Crippen molar-refractivity contribution >= 4 is 17.3 Å². The first-order valence-corrected chi connectivity index (χ1v) is 9.29. The van der Waals surface area contributed by atoms with E-state index in [-0.39, 0.29) is 12.2 Å². The third kappa shape index (κ3) is 3.17. The second kappa shape index (κ2) is 6.57. The Hall–Kier alpha value is -2.25. The van der Waals surface area contributed by atoms with Crippen LogP contribution < -0.4 is 4.90 Å². The predicted molar refractivity (Wildman–Crippen MR) is 99.8 cm³/mol. The molecule has 0 amide bonds. The zero-order chi connectivity index (χ0) is 17.4. The molecule has 2 unspecified atom stereocenters. The number of hydrogen-bond acceptors (Lipinski definition) is 6. The van der Waals surface area contributed by atoms with E-state index in [0.29, 0.717) is 0 Å². The monoisotopic (exact) mass is 355 g/mol. The Balaban J connectivity index is 1.80. The van der Waals surface area contributed by atoms with E-state index < -0.39 is 0 Å². The molecule has 1 fully saturated rings. The molecule has 1 saturated heterocycles. The second-order valence-electron chi connectivity index (χ2n) is 6.43. The summed E-state index contributed by atoms with van der Waals surface area (Å²) in [4.78, 5) is 17.4. The molecule has 1 aliphatic heterocycles. The summed E-state index contributed by atoms with van der Waals surface area (Å²) in [6, 6.07) is 4.13. The maximum atomic E-state index is 5.83. The summed E-state index contributed by atoms with van der Waals surface area (Å²) in [5, 5.41) is 2.07. The molecule has 6 nitrogen and oxygen atoms in total. The first-order valence-electron chi connectivity index (χ1n) is 8.41. The third-order valence-electron chi connectivity index (χ3n) is 4.30. The van der Waals surface area contributed by atoms with Crippen LogP contribution in [0.15, 0.2) is 36.1 Å². The van der Waals surface area contributed by atoms with Crippen LogP contribution in [0.5, 0.6) is 0 Å². The van der Waals surface area contributed by atoms with Gasteiger partial charge in [-0.1, -0.05) is 6.07 Å². The molecule has 0 radical (unpaired) electrons. The van der Waals surface area contributed by atoms with Crippen molar-refractivity contribution in [3.63, 3.8) is 0 Å². The minimum absolute atomic E-state index is 0.168. The summed E-state index contributed by atoms with van der Waals surface area (Å²) >= 11 is 1.68. The highest BCUT2D eigenvalue weighted by molar-refractivity contribution is 7.13. The normalized spacial score (nSPS) is 20.8. The van der Waals surface area contributed by atoms with Gasteiger partial charge in [-0.15, -0.1) is 11.3 Å². The first-order chi connectivity index (χ1) is 12.1. The Labute approximate surface area is 151 Å². The molecule has 0 saturated carbocycles. The van der Waals surface area contributed by atoms with Gasteiger partial charge in [0.25, 0.3) is 0 Å². The van der Waals surface area contributed by atoms with Gasteiger partial charge < -0.3 is 14.2 Å². The van der Waals surface area contributed by atoms with E-state index in [1.54, 1.807) is 17.5 Å². The predicted octanol–water partition coefficient (Wildman–Crippen LogP) is 3.22. The van der Waals surface area contributed by atoms with Gasteiger partial charge >= 0.3 is 0 Å². The fourth-order valence-corrected chi connectivity index (χ4v) is 3.98. The van der Waals surface area contributed by atoms with Crippen molar-refractivity contribution in [3.05, 3.63) is 36.1 Å². The number of aryl methyl sites for hydroxylation is 1. The van der Waals surface area contributed by atoms with E-state index >= 15 is 0 Å². The first kappa shape index (κ1) is 16.2. The summed E-state index contributed by atoms with van der Waals surface area (Å²) in [5.41, 5.74) is 1.88. The zero-order valence-corrected chi connectivity index (χ0v) is 15.4. The molecule has 0 aliphatic carbocycles. The SMILES string of the molecule is CC1CN(c2ncc(-c3cccs3)c(-c3nccn3C)n2)CC(C)O1. The Kier molecular flexibility index (Phi) is 4.27. The highest BCUT2D eigenvalue weighted by Crippen LogP contribution is 2.33. The van der Waals surface area contributed by atoms with Gasteiger partial charge in [0, 0.05) is 49.2 Å². The molecule has 0 N–H and O–H groups in total. The van der Waals surface area contributed by atoms with Gasteiger partial charge in [0.15, 0.2) is 5.82 Å². The Morgan fingerprint density at radius 2 is 2.00 bits per heavy atom. The summed E-state index contributed by atoms with van der Waals surface area (Å²) in [6.45, 7) is 5.76. The lowest BCUT2D eigenvalue weighted by molar-refractivity contribution is -0.00571. The van der Waals surface area contributed by atoms with Gasteiger partial charge in [0.1, 0.15) is 5.69 Å². The van der Waals surface area contributed by atoms with Crippen LogP contribution in [0.2, 0.25) is 0 Å². The summed E-state index contributed by atoms with van der Waals surface area (Å²) < 4.78 is 7.82. The molecule has 7 heteroatoms. The number of morpholine rings is 1. The molecular formula is C18H21N5OS. The molecule has 4 heterocycles. The van der Waals surface area contributed by atoms with E-state index in [9.17, 15) is 0 Å². The number of imidazole rings is 1. The number of nitrogens with zero attached hydrogens (tertiary/aromatic N) is 5. The Bertz CT molecular complexity index is 850. The molecule has 130 valence electrons. The van der Waals surface area contributed by atoms with Crippen molar-refractivity contribution in [1.82, 2.24) is 19.5 Å². The van der Waals surface area contributed by atoms with Gasteiger partial charge in [-0.05, 0) is 25.3 Å². The van der Waals surface area contributed by atoms with Crippen LogP contribution in [-0.4, -0.2) is 44.8 Å². The highest BCUT2D eigenvalue weighted by atomic mass is 32.1. The van der Waals surface area contributed by atoms with Crippen molar-refractivity contribution in [1.29, 1.82) is 0 Å². The maximum absolute atomic E-state index is 5.83. The topological polar surface area (TPSA) is 56.1 Å². The van der Waals surface area contributed by atoms with Crippen LogP contribution in [0.3, 0.4) is 0 Å². The highest BCUT2D eigenvalue weighted by Gasteiger charge is 2.25. The smallest absolute Gasteiger partial charge is 0.226 e. The number of thiophene rings is 1. The lowest BCUT2D eigenvalue weighted by atomic mass is 10.2. The maximum Gasteiger partial charge on any atom is 0.226 e. The Morgan fingerprint density at radius 3 is 2.64 bits per heavy atom. The lowest BCUT2D eigenvalue weighted by Gasteiger charge is -2.35. The number of hydrogen-bond donors (Lipinski definition) is 0. The average Bonchev–Trinajstić information content (AvgIpc) is 3.25. The molecule has 1 aliphatic rings. The van der Waals surface area contributed by atoms with E-state index in [1.807, 2.05) is 30.1 Å². The summed E-state index contributed by atoms with van der Waals surface area (Å²) in [6.07, 6.45) is 5.99. The van der Waals surface area contributed by atoms with Crippen LogP contribution in [0.4, 0.5) is 5.95 Å². The van der Waals surface area contributed by atoms with Crippen molar-refractivity contribution in [2.24, 2.45) is 7.05 Å². The Morgan fingerprint density at radius 1 is 1.20 bits per heavy atom. The molecule has 0 bridgehead atoms. The molecule has 3 aromatic heterocycles. The summed E-state index contributed by atoms with van der Waals surface area (Å²) in [7, 11) is 1.99. The summed E-state index contributed by atoms with van der Waals surface area (Å²) in [5.74, 6) is 1.58. The molecule has 2 atom stereocenters. The van der Waals surface area contributed by atoms with Crippen molar-refractivity contribution in [2.45, 2.75) is 26.1 Å². The van der Waals surface area contributed by atoms with Crippen LogP contribution in [-0.2, 0) is 11.8 Å². The van der Waals surface area contributed by atoms with Crippen molar-refractivity contribution in [2.75, 3.05) is 18.0 Å². The van der Waals surface area contributed by atoms with Crippen molar-refractivity contribution < 1.29 is 4.74 Å². The van der Waals surface area contributed by atoms with Crippen LogP contribution in [0.25, 0.3) is 22.0 Å². The van der Waals surface area contributed by atoms with Gasteiger partial charge in [-0.2, -0.15) is 0 Å². The van der Waals surface area contributed by atoms with Crippen LogP contribution in [0.1, 0.15) is 13.8 Å². The van der Waals surface area contributed by atoms with Gasteiger partial charge in [-0.25, -0.2) is 15.0 Å². The quantitative estimate of drug-likeness (QED) is 0.722. The zero-order valence-electron chi connectivity index (χ0n) is 14.6. The largest absolute Gasteiger partial charge is 0.372 e. The molecular weight excluding hydrogens is 334 g/mol. The molecule has 0 spiro atoms. The van der Waals surface area contributed by atoms with Gasteiger partial charge in [0.2, 0.25) is 5.95 Å². The van der Waals surface area contributed by atoms with Crippen LogP contribution >= 0.6 is 11.3 Å². The standard InChI is InChI=1S/C18H21N5OS/c1-12-10-23(11-13(2)24-12)18-20-9-14(15-5-4-8-25-15)16(21-18)17-19-6-7-22(17)3/h4-9,12-13H,10-11H2,1-3H3. The minimum Gasteiger partial charge on any atom is -0.372 e. The number of anilines is 1. The fourth-order valence-electron chi connectivity index (χ4n) is 3.24. The van der Waals surface area contributed by atoms with E-state index in [2.05, 4.69) is 40.2 Å². The second-order valence-corrected chi connectivity index (χ2v) is 7.38. The lowest BCUT2D eigenvalue weighted by Crippen LogP contribution is -2.46. The van der Waals surface area contributed by atoms with Crippen molar-refractivity contribution in [3.8, 4) is 22.0 Å². The average molecular weight is 355 g/mol. The fraction of sp³-hybridized carbons (Fsp3) is 0.389. The molecule has 25 heavy (non-hydrogen) atoms. The van der Waals surface area contributed by atoms with Gasteiger partial charge in [-0.3, -0.25) is 0 Å². The molecule has 3 aromatic rings. The van der Waals surface area contributed by atoms with E-state index in [1.165, 1.54) is 0 Å². The number of ether oxygens (including phenoxy) is 1. The van der Waals surface area contributed by atoms with E-state index in [0.717, 1.165) is 41.0 Å². The number of aromatic nitrogens is 4. The van der Waals surface area contributed by atoms with E-state index in [4.69, 9.17) is 9.72 Å². The van der Waals surface area contributed by atoms with Crippen LogP contribution in [0, 0.1) is 0 Å². The molecule has 0 aromatic carbocycles. The minimum atomic E-state index is 0.168. The third-order valence-corrected chi connectivity index (χ3v) is 5.20. The number of rotatable bonds is 3. The van der Waals surface area contributed by atoms with Gasteiger partial charge in [0.05, 0.1) is 12.2 Å². The molecule has 4 rings (SSSR count).